The van der Waals surface area contributed by atoms with Crippen LogP contribution >= 0.6 is 11.8 Å². The maximum absolute atomic E-state index is 13.2. The lowest BCUT2D eigenvalue weighted by molar-refractivity contribution is -0.136. The average molecular weight is 440 g/mol. The van der Waals surface area contributed by atoms with Gasteiger partial charge in [-0.25, -0.2) is 0 Å². The number of piperazine rings is 1. The van der Waals surface area contributed by atoms with E-state index in [1.807, 2.05) is 60.5 Å². The number of hydrogen-bond acceptors (Lipinski definition) is 5. The molecule has 0 unspecified atom stereocenters. The van der Waals surface area contributed by atoms with E-state index in [2.05, 4.69) is 11.0 Å². The molecule has 2 amide bonds. The summed E-state index contributed by atoms with van der Waals surface area (Å²) in [5, 5.41) is 0. The van der Waals surface area contributed by atoms with Crippen LogP contribution in [0.25, 0.3) is 0 Å². The van der Waals surface area contributed by atoms with Crippen molar-refractivity contribution < 1.29 is 14.3 Å². The van der Waals surface area contributed by atoms with E-state index < -0.39 is 0 Å². The first-order chi connectivity index (χ1) is 15.1. The Morgan fingerprint density at radius 1 is 1.10 bits per heavy atom. The minimum absolute atomic E-state index is 0.0286. The fraction of sp³-hybridized carbons (Fsp3) is 0.417. The standard InChI is InChI=1S/C24H29N3O3S/c1-3-30-22-10-5-4-9-21(22)25-11-13-26(14-12-25)24(29)18-15-23(28)27(17-18)19-7-6-8-20(16-19)31-2/h4-10,16,18H,3,11-15,17H2,1-2H3/t18-/m1/s1. The Kier molecular flexibility index (Phi) is 6.70. The monoisotopic (exact) mass is 439 g/mol. The van der Waals surface area contributed by atoms with Crippen LogP contribution in [0, 0.1) is 5.92 Å². The minimum atomic E-state index is -0.271. The van der Waals surface area contributed by atoms with Crippen molar-refractivity contribution in [2.24, 2.45) is 5.92 Å². The molecular formula is C24H29N3O3S. The first-order valence-electron chi connectivity index (χ1n) is 10.8. The van der Waals surface area contributed by atoms with Gasteiger partial charge in [0.25, 0.3) is 0 Å². The van der Waals surface area contributed by atoms with E-state index in [0.29, 0.717) is 26.2 Å². The number of anilines is 2. The molecule has 164 valence electrons. The van der Waals surface area contributed by atoms with Gasteiger partial charge in [-0.2, -0.15) is 0 Å². The summed E-state index contributed by atoms with van der Waals surface area (Å²) >= 11 is 1.65. The molecule has 2 aromatic carbocycles. The normalized spacial score (nSPS) is 19.1. The van der Waals surface area contributed by atoms with Crippen molar-refractivity contribution in [1.82, 2.24) is 4.90 Å². The second-order valence-electron chi connectivity index (χ2n) is 7.82. The van der Waals surface area contributed by atoms with Gasteiger partial charge in [0.2, 0.25) is 11.8 Å². The van der Waals surface area contributed by atoms with Gasteiger partial charge in [-0.15, -0.1) is 11.8 Å². The van der Waals surface area contributed by atoms with Crippen LogP contribution in [0.1, 0.15) is 13.3 Å². The van der Waals surface area contributed by atoms with Crippen LogP contribution in [-0.2, 0) is 9.59 Å². The average Bonchev–Trinajstić information content (AvgIpc) is 3.21. The van der Waals surface area contributed by atoms with Crippen molar-refractivity contribution in [3.63, 3.8) is 0 Å². The van der Waals surface area contributed by atoms with Crippen LogP contribution in [0.2, 0.25) is 0 Å². The summed E-state index contributed by atoms with van der Waals surface area (Å²) in [6.07, 6.45) is 2.30. The number of thioether (sulfide) groups is 1. The molecule has 31 heavy (non-hydrogen) atoms. The van der Waals surface area contributed by atoms with Gasteiger partial charge in [0.05, 0.1) is 18.2 Å². The van der Waals surface area contributed by atoms with Gasteiger partial charge >= 0.3 is 0 Å². The van der Waals surface area contributed by atoms with Gasteiger partial charge in [-0.1, -0.05) is 18.2 Å². The molecule has 4 rings (SSSR count). The zero-order valence-corrected chi connectivity index (χ0v) is 18.9. The highest BCUT2D eigenvalue weighted by Crippen LogP contribution is 2.31. The van der Waals surface area contributed by atoms with E-state index >= 15 is 0 Å². The predicted molar refractivity (Wildman–Crippen MR) is 125 cm³/mol. The summed E-state index contributed by atoms with van der Waals surface area (Å²) < 4.78 is 5.76. The summed E-state index contributed by atoms with van der Waals surface area (Å²) in [5.74, 6) is 0.734. The molecule has 2 aliphatic rings. The van der Waals surface area contributed by atoms with Crippen molar-refractivity contribution in [1.29, 1.82) is 0 Å². The second-order valence-corrected chi connectivity index (χ2v) is 8.70. The summed E-state index contributed by atoms with van der Waals surface area (Å²) in [4.78, 5) is 32.9. The number of hydrogen-bond donors (Lipinski definition) is 0. The SMILES string of the molecule is CCOc1ccccc1N1CCN(C(=O)[C@@H]2CC(=O)N(c3cccc(SC)c3)C2)CC1. The Morgan fingerprint density at radius 2 is 1.87 bits per heavy atom. The largest absolute Gasteiger partial charge is 0.492 e. The fourth-order valence-electron chi connectivity index (χ4n) is 4.32. The Labute approximate surface area is 188 Å². The number of rotatable bonds is 6. The lowest BCUT2D eigenvalue weighted by Crippen LogP contribution is -2.50. The topological polar surface area (TPSA) is 53.1 Å². The van der Waals surface area contributed by atoms with Gasteiger partial charge in [0.1, 0.15) is 5.75 Å². The zero-order valence-electron chi connectivity index (χ0n) is 18.1. The summed E-state index contributed by atoms with van der Waals surface area (Å²) in [6, 6.07) is 16.0. The third-order valence-electron chi connectivity index (χ3n) is 5.94. The van der Waals surface area contributed by atoms with Crippen molar-refractivity contribution in [2.45, 2.75) is 18.2 Å². The van der Waals surface area contributed by atoms with Crippen LogP contribution < -0.4 is 14.5 Å². The third-order valence-corrected chi connectivity index (χ3v) is 6.66. The maximum Gasteiger partial charge on any atom is 0.228 e. The highest BCUT2D eigenvalue weighted by molar-refractivity contribution is 7.98. The van der Waals surface area contributed by atoms with Crippen molar-refractivity contribution in [3.05, 3.63) is 48.5 Å². The number of carbonyl (C=O) groups is 2. The fourth-order valence-corrected chi connectivity index (χ4v) is 4.78. The molecule has 2 saturated heterocycles. The van der Waals surface area contributed by atoms with Crippen LogP contribution in [0.4, 0.5) is 11.4 Å². The summed E-state index contributed by atoms with van der Waals surface area (Å²) in [7, 11) is 0. The Morgan fingerprint density at radius 3 is 2.61 bits per heavy atom. The van der Waals surface area contributed by atoms with Gasteiger partial charge in [-0.05, 0) is 43.5 Å². The van der Waals surface area contributed by atoms with E-state index in [1.54, 1.807) is 16.7 Å². The Bertz CT molecular complexity index is 943. The summed E-state index contributed by atoms with van der Waals surface area (Å²) in [6.45, 7) is 5.91. The van der Waals surface area contributed by atoms with Gasteiger partial charge in [-0.3, -0.25) is 9.59 Å². The van der Waals surface area contributed by atoms with Crippen LogP contribution in [0.15, 0.2) is 53.4 Å². The quantitative estimate of drug-likeness (QED) is 0.645. The molecule has 1 atom stereocenters. The molecule has 2 aliphatic heterocycles. The molecule has 0 N–H and O–H groups in total. The number of amides is 2. The molecule has 0 aliphatic carbocycles. The van der Waals surface area contributed by atoms with E-state index in [9.17, 15) is 9.59 Å². The van der Waals surface area contributed by atoms with Crippen LogP contribution in [0.3, 0.4) is 0 Å². The van der Waals surface area contributed by atoms with E-state index in [0.717, 1.165) is 35.1 Å². The van der Waals surface area contributed by atoms with Crippen molar-refractivity contribution >= 4 is 35.0 Å². The third kappa shape index (κ3) is 4.66. The molecule has 6 nitrogen and oxygen atoms in total. The van der Waals surface area contributed by atoms with E-state index in [4.69, 9.17) is 4.74 Å². The van der Waals surface area contributed by atoms with Gasteiger partial charge in [0.15, 0.2) is 0 Å². The number of ether oxygens (including phenoxy) is 1. The van der Waals surface area contributed by atoms with E-state index in [1.165, 1.54) is 0 Å². The number of benzene rings is 2. The van der Waals surface area contributed by atoms with Gasteiger partial charge < -0.3 is 19.4 Å². The molecule has 0 spiro atoms. The molecule has 0 saturated carbocycles. The molecule has 0 aromatic heterocycles. The molecule has 2 aromatic rings. The van der Waals surface area contributed by atoms with Crippen LogP contribution in [0.5, 0.6) is 5.75 Å². The number of nitrogens with zero attached hydrogens (tertiary/aromatic N) is 3. The highest BCUT2D eigenvalue weighted by Gasteiger charge is 2.38. The molecule has 0 bridgehead atoms. The molecular weight excluding hydrogens is 410 g/mol. The number of para-hydroxylation sites is 2. The molecule has 2 fully saturated rings. The Hall–Kier alpha value is -2.67. The molecule has 2 heterocycles. The Balaban J connectivity index is 1.37. The first-order valence-corrected chi connectivity index (χ1v) is 12.0. The molecule has 7 heteroatoms. The highest BCUT2D eigenvalue weighted by atomic mass is 32.2. The van der Waals surface area contributed by atoms with Gasteiger partial charge in [0, 0.05) is 49.7 Å². The minimum Gasteiger partial charge on any atom is -0.492 e. The molecule has 0 radical (unpaired) electrons. The lowest BCUT2D eigenvalue weighted by Gasteiger charge is -2.37. The lowest BCUT2D eigenvalue weighted by atomic mass is 10.1. The number of carbonyl (C=O) groups excluding carboxylic acids is 2. The summed E-state index contributed by atoms with van der Waals surface area (Å²) in [5.41, 5.74) is 1.96. The smallest absolute Gasteiger partial charge is 0.228 e. The zero-order chi connectivity index (χ0) is 21.8. The van der Waals surface area contributed by atoms with Crippen molar-refractivity contribution in [2.75, 3.05) is 55.4 Å². The second kappa shape index (κ2) is 9.64. The predicted octanol–water partition coefficient (Wildman–Crippen LogP) is 3.51. The maximum atomic E-state index is 13.2. The van der Waals surface area contributed by atoms with Crippen molar-refractivity contribution in [3.8, 4) is 5.75 Å². The van der Waals surface area contributed by atoms with Crippen LogP contribution in [-0.4, -0.2) is 62.3 Å². The first kappa shape index (κ1) is 21.6. The van der Waals surface area contributed by atoms with E-state index in [-0.39, 0.29) is 24.2 Å².